The minimum atomic E-state index is -0.791. The van der Waals surface area contributed by atoms with Crippen molar-refractivity contribution in [2.24, 2.45) is 5.92 Å². The molecule has 188 valence electrons. The number of benzene rings is 2. The summed E-state index contributed by atoms with van der Waals surface area (Å²) in [5, 5.41) is 11.6. The first kappa shape index (κ1) is 24.9. The number of piperidine rings is 1. The standard InChI is InChI=1S/C28H35NO6/c1-32-20-10-12-23(33-2)21(18-20)27-22-7-5-6-14-28(22,31)15-16-29(27)26(30)13-9-19-8-11-24(34-3)25(17-19)35-4/h8-13,17-18,22,27,31H,5-7,14-16H2,1-4H3. The maximum absolute atomic E-state index is 13.6. The van der Waals surface area contributed by atoms with Crippen LogP contribution in [0.1, 0.15) is 49.3 Å². The van der Waals surface area contributed by atoms with E-state index < -0.39 is 5.60 Å². The SMILES string of the molecule is COc1ccc(OC)c(C2C3CCCCC3(O)CCN2C(=O)C=Cc2ccc(OC)c(OC)c2)c1. The third-order valence-corrected chi connectivity index (χ3v) is 7.43. The van der Waals surface area contributed by atoms with E-state index in [0.717, 1.165) is 36.8 Å². The van der Waals surface area contributed by atoms with Crippen LogP contribution in [0.3, 0.4) is 0 Å². The lowest BCUT2D eigenvalue weighted by atomic mass is 9.66. The first-order valence-electron chi connectivity index (χ1n) is 12.1. The molecule has 1 saturated heterocycles. The van der Waals surface area contributed by atoms with Crippen molar-refractivity contribution in [1.82, 2.24) is 4.90 Å². The van der Waals surface area contributed by atoms with Gasteiger partial charge in [0.15, 0.2) is 11.5 Å². The van der Waals surface area contributed by atoms with E-state index in [-0.39, 0.29) is 17.9 Å². The van der Waals surface area contributed by atoms with Crippen LogP contribution in [0.5, 0.6) is 23.0 Å². The first-order chi connectivity index (χ1) is 16.9. The molecule has 7 heteroatoms. The normalized spacial score (nSPS) is 24.1. The average Bonchev–Trinajstić information content (AvgIpc) is 2.90. The van der Waals surface area contributed by atoms with Gasteiger partial charge in [0.1, 0.15) is 11.5 Å². The highest BCUT2D eigenvalue weighted by atomic mass is 16.5. The molecule has 0 spiro atoms. The molecular weight excluding hydrogens is 446 g/mol. The van der Waals surface area contributed by atoms with Crippen molar-refractivity contribution < 1.29 is 28.8 Å². The average molecular weight is 482 g/mol. The van der Waals surface area contributed by atoms with Crippen LogP contribution in [0, 0.1) is 5.92 Å². The van der Waals surface area contributed by atoms with Gasteiger partial charge in [-0.1, -0.05) is 18.9 Å². The number of hydrogen-bond donors (Lipinski definition) is 1. The van der Waals surface area contributed by atoms with Gasteiger partial charge in [-0.05, 0) is 61.2 Å². The largest absolute Gasteiger partial charge is 0.497 e. The van der Waals surface area contributed by atoms with Crippen LogP contribution >= 0.6 is 0 Å². The first-order valence-corrected chi connectivity index (χ1v) is 12.1. The molecule has 1 aliphatic heterocycles. The second kappa shape index (κ2) is 10.6. The number of rotatable bonds is 7. The molecule has 3 unspecified atom stereocenters. The summed E-state index contributed by atoms with van der Waals surface area (Å²) in [6, 6.07) is 10.9. The van der Waals surface area contributed by atoms with Crippen molar-refractivity contribution in [3.8, 4) is 23.0 Å². The van der Waals surface area contributed by atoms with Crippen LogP contribution in [0.2, 0.25) is 0 Å². The summed E-state index contributed by atoms with van der Waals surface area (Å²) in [4.78, 5) is 15.5. The van der Waals surface area contributed by atoms with Crippen molar-refractivity contribution >= 4 is 12.0 Å². The molecule has 2 fully saturated rings. The van der Waals surface area contributed by atoms with E-state index in [2.05, 4.69) is 0 Å². The van der Waals surface area contributed by atoms with Gasteiger partial charge in [-0.25, -0.2) is 0 Å². The van der Waals surface area contributed by atoms with E-state index in [1.54, 1.807) is 40.6 Å². The number of nitrogens with zero attached hydrogens (tertiary/aromatic N) is 1. The van der Waals surface area contributed by atoms with E-state index in [1.807, 2.05) is 41.3 Å². The van der Waals surface area contributed by atoms with E-state index >= 15 is 0 Å². The van der Waals surface area contributed by atoms with Gasteiger partial charge in [0.25, 0.3) is 0 Å². The zero-order valence-electron chi connectivity index (χ0n) is 21.0. The van der Waals surface area contributed by atoms with E-state index in [0.29, 0.717) is 36.0 Å². The maximum atomic E-state index is 13.6. The number of fused-ring (bicyclic) bond motifs is 1. The second-order valence-corrected chi connectivity index (χ2v) is 9.24. The molecule has 2 aromatic carbocycles. The predicted molar refractivity (Wildman–Crippen MR) is 134 cm³/mol. The number of amides is 1. The fourth-order valence-corrected chi connectivity index (χ4v) is 5.60. The van der Waals surface area contributed by atoms with Gasteiger partial charge in [0.2, 0.25) is 5.91 Å². The molecule has 35 heavy (non-hydrogen) atoms. The molecule has 7 nitrogen and oxygen atoms in total. The second-order valence-electron chi connectivity index (χ2n) is 9.24. The number of carbonyl (C=O) groups is 1. The Morgan fingerprint density at radius 1 is 0.943 bits per heavy atom. The highest BCUT2D eigenvalue weighted by molar-refractivity contribution is 5.92. The fourth-order valence-electron chi connectivity index (χ4n) is 5.60. The van der Waals surface area contributed by atoms with Gasteiger partial charge in [0.05, 0.1) is 40.1 Å². The summed E-state index contributed by atoms with van der Waals surface area (Å²) in [5.41, 5.74) is 0.906. The number of carbonyl (C=O) groups excluding carboxylic acids is 1. The Morgan fingerprint density at radius 3 is 2.40 bits per heavy atom. The van der Waals surface area contributed by atoms with Crippen LogP contribution < -0.4 is 18.9 Å². The van der Waals surface area contributed by atoms with Crippen molar-refractivity contribution in [2.75, 3.05) is 35.0 Å². The molecule has 4 rings (SSSR count). The highest BCUT2D eigenvalue weighted by Crippen LogP contribution is 2.51. The van der Waals surface area contributed by atoms with Crippen molar-refractivity contribution in [2.45, 2.75) is 43.7 Å². The molecule has 0 bridgehead atoms. The van der Waals surface area contributed by atoms with E-state index in [1.165, 1.54) is 0 Å². The van der Waals surface area contributed by atoms with Crippen LogP contribution in [-0.2, 0) is 4.79 Å². The Kier molecular flexibility index (Phi) is 7.55. The van der Waals surface area contributed by atoms with Gasteiger partial charge in [-0.3, -0.25) is 4.79 Å². The molecule has 3 atom stereocenters. The smallest absolute Gasteiger partial charge is 0.247 e. The van der Waals surface area contributed by atoms with E-state index in [9.17, 15) is 9.90 Å². The van der Waals surface area contributed by atoms with Crippen LogP contribution in [-0.4, -0.2) is 56.5 Å². The molecular formula is C28H35NO6. The van der Waals surface area contributed by atoms with Gasteiger partial charge in [-0.2, -0.15) is 0 Å². The molecule has 1 aliphatic carbocycles. The maximum Gasteiger partial charge on any atom is 0.247 e. The highest BCUT2D eigenvalue weighted by Gasteiger charge is 2.50. The summed E-state index contributed by atoms with van der Waals surface area (Å²) in [5.74, 6) is 2.43. The van der Waals surface area contributed by atoms with Gasteiger partial charge >= 0.3 is 0 Å². The lowest BCUT2D eigenvalue weighted by Crippen LogP contribution is -2.56. The summed E-state index contributed by atoms with van der Waals surface area (Å²) in [6.07, 6.45) is 7.58. The third kappa shape index (κ3) is 4.96. The Morgan fingerprint density at radius 2 is 1.69 bits per heavy atom. The van der Waals surface area contributed by atoms with Gasteiger partial charge in [0, 0.05) is 24.1 Å². The minimum absolute atomic E-state index is 0.0792. The lowest BCUT2D eigenvalue weighted by Gasteiger charge is -2.52. The zero-order valence-corrected chi connectivity index (χ0v) is 21.0. The summed E-state index contributed by atoms with van der Waals surface area (Å²) < 4.78 is 21.9. The summed E-state index contributed by atoms with van der Waals surface area (Å²) in [6.45, 7) is 0.465. The molecule has 1 heterocycles. The number of hydrogen-bond acceptors (Lipinski definition) is 6. The van der Waals surface area contributed by atoms with Crippen molar-refractivity contribution in [3.05, 3.63) is 53.6 Å². The zero-order chi connectivity index (χ0) is 25.0. The third-order valence-electron chi connectivity index (χ3n) is 7.43. The minimum Gasteiger partial charge on any atom is -0.497 e. The quantitative estimate of drug-likeness (QED) is 0.581. The van der Waals surface area contributed by atoms with E-state index in [4.69, 9.17) is 18.9 Å². The van der Waals surface area contributed by atoms with Crippen LogP contribution in [0.25, 0.3) is 6.08 Å². The Bertz CT molecular complexity index is 1080. The Balaban J connectivity index is 1.70. The lowest BCUT2D eigenvalue weighted by molar-refractivity contribution is -0.151. The summed E-state index contributed by atoms with van der Waals surface area (Å²) in [7, 11) is 6.43. The number of methoxy groups -OCH3 is 4. The number of ether oxygens (including phenoxy) is 4. The van der Waals surface area contributed by atoms with Crippen LogP contribution in [0.4, 0.5) is 0 Å². The molecule has 0 radical (unpaired) electrons. The summed E-state index contributed by atoms with van der Waals surface area (Å²) >= 11 is 0. The monoisotopic (exact) mass is 481 g/mol. The predicted octanol–water partition coefficient (Wildman–Crippen LogP) is 4.63. The molecule has 2 aromatic rings. The number of likely N-dealkylation sites (tertiary alicyclic amines) is 1. The molecule has 0 aromatic heterocycles. The number of aliphatic hydroxyl groups is 1. The van der Waals surface area contributed by atoms with Crippen molar-refractivity contribution in [1.29, 1.82) is 0 Å². The Hall–Kier alpha value is -3.19. The molecule has 1 saturated carbocycles. The van der Waals surface area contributed by atoms with Gasteiger partial charge in [-0.15, -0.1) is 0 Å². The topological polar surface area (TPSA) is 77.5 Å². The molecule has 2 aliphatic rings. The van der Waals surface area contributed by atoms with Crippen molar-refractivity contribution in [3.63, 3.8) is 0 Å². The van der Waals surface area contributed by atoms with Gasteiger partial charge < -0.3 is 29.0 Å². The Labute approximate surface area is 207 Å². The van der Waals surface area contributed by atoms with Crippen LogP contribution in [0.15, 0.2) is 42.5 Å². The fraction of sp³-hybridized carbons (Fsp3) is 0.464. The molecule has 1 N–H and O–H groups in total. The molecule has 1 amide bonds.